The first-order chi connectivity index (χ1) is 9.47. The van der Waals surface area contributed by atoms with E-state index in [4.69, 9.17) is 5.73 Å². The quantitative estimate of drug-likeness (QED) is 0.898. The Balaban J connectivity index is 2.20. The van der Waals surface area contributed by atoms with Crippen LogP contribution in [0.15, 0.2) is 42.5 Å². The van der Waals surface area contributed by atoms with Gasteiger partial charge in [-0.1, -0.05) is 17.7 Å². The molecule has 0 spiro atoms. The summed E-state index contributed by atoms with van der Waals surface area (Å²) >= 11 is 0. The van der Waals surface area contributed by atoms with Gasteiger partial charge in [0.15, 0.2) is 0 Å². The van der Waals surface area contributed by atoms with Gasteiger partial charge in [-0.3, -0.25) is 9.59 Å². The van der Waals surface area contributed by atoms with Gasteiger partial charge in [0.1, 0.15) is 0 Å². The lowest BCUT2D eigenvalue weighted by molar-refractivity contribution is 0.0997. The normalized spacial score (nSPS) is 10.1. The van der Waals surface area contributed by atoms with Crippen LogP contribution in [0.5, 0.6) is 0 Å². The van der Waals surface area contributed by atoms with Crippen LogP contribution in [-0.4, -0.2) is 11.8 Å². The number of aryl methyl sites for hydroxylation is 2. The Kier molecular flexibility index (Phi) is 3.84. The molecule has 4 heteroatoms. The van der Waals surface area contributed by atoms with Crippen molar-refractivity contribution >= 4 is 17.5 Å². The Morgan fingerprint density at radius 1 is 1.05 bits per heavy atom. The van der Waals surface area contributed by atoms with Crippen molar-refractivity contribution in [2.75, 3.05) is 5.32 Å². The van der Waals surface area contributed by atoms with Gasteiger partial charge < -0.3 is 11.1 Å². The highest BCUT2D eigenvalue weighted by atomic mass is 16.2. The molecule has 2 aromatic rings. The van der Waals surface area contributed by atoms with Crippen LogP contribution in [0.25, 0.3) is 0 Å². The van der Waals surface area contributed by atoms with Crippen LogP contribution < -0.4 is 11.1 Å². The Morgan fingerprint density at radius 3 is 2.40 bits per heavy atom. The third-order valence-corrected chi connectivity index (χ3v) is 3.03. The SMILES string of the molecule is Cc1cccc(C(=O)Nc2ccc(C(N)=O)c(C)c2)c1. The van der Waals surface area contributed by atoms with Crippen LogP contribution in [0.3, 0.4) is 0 Å². The van der Waals surface area contributed by atoms with Crippen molar-refractivity contribution in [2.45, 2.75) is 13.8 Å². The molecule has 0 saturated carbocycles. The molecule has 4 nitrogen and oxygen atoms in total. The van der Waals surface area contributed by atoms with Gasteiger partial charge in [-0.2, -0.15) is 0 Å². The van der Waals surface area contributed by atoms with Gasteiger partial charge in [-0.15, -0.1) is 0 Å². The maximum Gasteiger partial charge on any atom is 0.255 e. The summed E-state index contributed by atoms with van der Waals surface area (Å²) in [5.74, 6) is -0.654. The highest BCUT2D eigenvalue weighted by Gasteiger charge is 2.09. The lowest BCUT2D eigenvalue weighted by Crippen LogP contribution is -2.15. The van der Waals surface area contributed by atoms with Gasteiger partial charge in [-0.05, 0) is 49.7 Å². The van der Waals surface area contributed by atoms with Crippen molar-refractivity contribution < 1.29 is 9.59 Å². The molecule has 0 saturated heterocycles. The van der Waals surface area contributed by atoms with E-state index < -0.39 is 5.91 Å². The Labute approximate surface area is 117 Å². The number of rotatable bonds is 3. The number of nitrogens with one attached hydrogen (secondary N) is 1. The Hall–Kier alpha value is -2.62. The van der Waals surface area contributed by atoms with Crippen molar-refractivity contribution in [3.8, 4) is 0 Å². The van der Waals surface area contributed by atoms with Crippen LogP contribution in [0.2, 0.25) is 0 Å². The highest BCUT2D eigenvalue weighted by Crippen LogP contribution is 2.16. The molecule has 0 atom stereocenters. The van der Waals surface area contributed by atoms with E-state index in [2.05, 4.69) is 5.32 Å². The molecular formula is C16H16N2O2. The van der Waals surface area contributed by atoms with Gasteiger partial charge in [0.05, 0.1) is 0 Å². The predicted octanol–water partition coefficient (Wildman–Crippen LogP) is 2.65. The number of benzene rings is 2. The molecule has 0 aliphatic rings. The lowest BCUT2D eigenvalue weighted by atomic mass is 10.1. The minimum atomic E-state index is -0.473. The molecule has 0 aliphatic carbocycles. The largest absolute Gasteiger partial charge is 0.366 e. The number of hydrogen-bond acceptors (Lipinski definition) is 2. The number of hydrogen-bond donors (Lipinski definition) is 2. The maximum atomic E-state index is 12.1. The van der Waals surface area contributed by atoms with E-state index in [1.165, 1.54) is 0 Å². The number of primary amides is 1. The maximum absolute atomic E-state index is 12.1. The number of amides is 2. The summed E-state index contributed by atoms with van der Waals surface area (Å²) in [6.07, 6.45) is 0. The number of anilines is 1. The smallest absolute Gasteiger partial charge is 0.255 e. The van der Waals surface area contributed by atoms with Gasteiger partial charge >= 0.3 is 0 Å². The van der Waals surface area contributed by atoms with E-state index >= 15 is 0 Å². The molecule has 0 bridgehead atoms. The van der Waals surface area contributed by atoms with Crippen LogP contribution in [0.4, 0.5) is 5.69 Å². The summed E-state index contributed by atoms with van der Waals surface area (Å²) in [4.78, 5) is 23.2. The molecule has 0 aliphatic heterocycles. The second-order valence-electron chi connectivity index (χ2n) is 4.72. The number of nitrogens with two attached hydrogens (primary N) is 1. The molecule has 0 heterocycles. The van der Waals surface area contributed by atoms with Crippen molar-refractivity contribution in [1.82, 2.24) is 0 Å². The minimum absolute atomic E-state index is 0.181. The molecule has 2 amide bonds. The number of carbonyl (C=O) groups excluding carboxylic acids is 2. The third-order valence-electron chi connectivity index (χ3n) is 3.03. The summed E-state index contributed by atoms with van der Waals surface area (Å²) in [5, 5.41) is 2.80. The lowest BCUT2D eigenvalue weighted by Gasteiger charge is -2.08. The fourth-order valence-corrected chi connectivity index (χ4v) is 2.01. The Morgan fingerprint density at radius 2 is 1.80 bits per heavy atom. The predicted molar refractivity (Wildman–Crippen MR) is 78.8 cm³/mol. The van der Waals surface area contributed by atoms with E-state index in [1.807, 2.05) is 25.1 Å². The van der Waals surface area contributed by atoms with E-state index in [9.17, 15) is 9.59 Å². The van der Waals surface area contributed by atoms with Gasteiger partial charge in [0.2, 0.25) is 5.91 Å². The summed E-state index contributed by atoms with van der Waals surface area (Å²) in [6.45, 7) is 3.71. The van der Waals surface area contributed by atoms with Crippen molar-refractivity contribution in [3.63, 3.8) is 0 Å². The first kappa shape index (κ1) is 13.8. The summed E-state index contributed by atoms with van der Waals surface area (Å²) in [7, 11) is 0. The van der Waals surface area contributed by atoms with Crippen LogP contribution in [-0.2, 0) is 0 Å². The molecule has 102 valence electrons. The monoisotopic (exact) mass is 268 g/mol. The van der Waals surface area contributed by atoms with Crippen molar-refractivity contribution in [2.24, 2.45) is 5.73 Å². The second-order valence-corrected chi connectivity index (χ2v) is 4.72. The van der Waals surface area contributed by atoms with Crippen molar-refractivity contribution in [3.05, 3.63) is 64.7 Å². The van der Waals surface area contributed by atoms with Crippen LogP contribution >= 0.6 is 0 Å². The molecule has 0 fully saturated rings. The summed E-state index contributed by atoms with van der Waals surface area (Å²) in [6, 6.07) is 12.4. The molecule has 0 radical (unpaired) electrons. The molecular weight excluding hydrogens is 252 g/mol. The van der Waals surface area contributed by atoms with Gasteiger partial charge in [0, 0.05) is 16.8 Å². The molecule has 0 unspecified atom stereocenters. The summed E-state index contributed by atoms with van der Waals surface area (Å²) < 4.78 is 0. The van der Waals surface area contributed by atoms with E-state index in [0.717, 1.165) is 11.1 Å². The first-order valence-electron chi connectivity index (χ1n) is 6.26. The van der Waals surface area contributed by atoms with E-state index in [-0.39, 0.29) is 5.91 Å². The zero-order valence-corrected chi connectivity index (χ0v) is 11.4. The fourth-order valence-electron chi connectivity index (χ4n) is 2.01. The minimum Gasteiger partial charge on any atom is -0.366 e. The average molecular weight is 268 g/mol. The third kappa shape index (κ3) is 3.03. The zero-order valence-electron chi connectivity index (χ0n) is 11.4. The van der Waals surface area contributed by atoms with E-state index in [1.54, 1.807) is 31.2 Å². The summed E-state index contributed by atoms with van der Waals surface area (Å²) in [5.41, 5.74) is 8.70. The van der Waals surface area contributed by atoms with Crippen molar-refractivity contribution in [1.29, 1.82) is 0 Å². The highest BCUT2D eigenvalue weighted by molar-refractivity contribution is 6.04. The standard InChI is InChI=1S/C16H16N2O2/c1-10-4-3-5-12(8-10)16(20)18-13-6-7-14(15(17)19)11(2)9-13/h3-9H,1-2H3,(H2,17,19)(H,18,20). The fraction of sp³-hybridized carbons (Fsp3) is 0.125. The first-order valence-corrected chi connectivity index (χ1v) is 6.26. The molecule has 0 aromatic heterocycles. The van der Waals surface area contributed by atoms with E-state index in [0.29, 0.717) is 16.8 Å². The molecule has 3 N–H and O–H groups in total. The topological polar surface area (TPSA) is 72.2 Å². The van der Waals surface area contributed by atoms with Crippen LogP contribution in [0, 0.1) is 13.8 Å². The van der Waals surface area contributed by atoms with Crippen LogP contribution in [0.1, 0.15) is 31.8 Å². The number of carbonyl (C=O) groups is 2. The molecule has 2 rings (SSSR count). The average Bonchev–Trinajstić information content (AvgIpc) is 2.38. The molecule has 20 heavy (non-hydrogen) atoms. The second kappa shape index (κ2) is 5.57. The van der Waals surface area contributed by atoms with Gasteiger partial charge in [0.25, 0.3) is 5.91 Å². The molecule has 2 aromatic carbocycles. The zero-order chi connectivity index (χ0) is 14.7. The van der Waals surface area contributed by atoms with Gasteiger partial charge in [-0.25, -0.2) is 0 Å². The Bertz CT molecular complexity index is 678.